The molecular weight excluding hydrogens is 590 g/mol. The fraction of sp³-hybridized carbons (Fsp3) is 0.209. The highest BCUT2D eigenvalue weighted by atomic mass is 16.3. The first-order chi connectivity index (χ1) is 23.5. The lowest BCUT2D eigenvalue weighted by molar-refractivity contribution is 0.181. The zero-order valence-electron chi connectivity index (χ0n) is 28.9. The molecule has 0 saturated heterocycles. The molecule has 0 saturated carbocycles. The summed E-state index contributed by atoms with van der Waals surface area (Å²) < 4.78 is 0. The van der Waals surface area contributed by atoms with Crippen LogP contribution in [0.4, 0.5) is 0 Å². The number of nitrogens with two attached hydrogens (primary N) is 2. The van der Waals surface area contributed by atoms with Crippen LogP contribution in [0.2, 0.25) is 0 Å². The molecule has 0 aliphatic rings. The Morgan fingerprint density at radius 3 is 1.73 bits per heavy atom. The van der Waals surface area contributed by atoms with Gasteiger partial charge >= 0.3 is 0 Å². The van der Waals surface area contributed by atoms with E-state index < -0.39 is 6.23 Å². The third-order valence-corrected chi connectivity index (χ3v) is 7.86. The molecule has 0 fully saturated rings. The molecule has 5 aromatic carbocycles. The van der Waals surface area contributed by atoms with Crippen LogP contribution in [0.5, 0.6) is 0 Å². The number of benzene rings is 5. The Morgan fingerprint density at radius 1 is 0.646 bits per heavy atom. The highest BCUT2D eigenvalue weighted by molar-refractivity contribution is 6.07. The Balaban J connectivity index is 0.00000151. The van der Waals surface area contributed by atoms with Crippen molar-refractivity contribution in [1.29, 1.82) is 0 Å². The SMILES string of the molecule is CC.CC.CNC(O)/C(N)=C/C=C\Cc1c2ccccc2c(C/C=C\C=C(/N)CO)c2cc(-c3ccccc3-c3ccccc3)ccc12. The van der Waals surface area contributed by atoms with Gasteiger partial charge in [0.2, 0.25) is 0 Å². The van der Waals surface area contributed by atoms with E-state index in [1.807, 2.05) is 45.9 Å². The van der Waals surface area contributed by atoms with Gasteiger partial charge in [0.15, 0.2) is 0 Å². The monoisotopic (exact) mass is 641 g/mol. The number of hydrogen-bond acceptors (Lipinski definition) is 5. The van der Waals surface area contributed by atoms with Crippen LogP contribution in [-0.2, 0) is 12.8 Å². The topological polar surface area (TPSA) is 105 Å². The van der Waals surface area contributed by atoms with Crippen LogP contribution in [0.25, 0.3) is 43.8 Å². The van der Waals surface area contributed by atoms with Crippen LogP contribution in [0.3, 0.4) is 0 Å². The predicted molar refractivity (Wildman–Crippen MR) is 207 cm³/mol. The second kappa shape index (κ2) is 19.7. The Morgan fingerprint density at radius 2 is 1.15 bits per heavy atom. The van der Waals surface area contributed by atoms with Gasteiger partial charge in [-0.2, -0.15) is 0 Å². The molecule has 7 N–H and O–H groups in total. The Bertz CT molecular complexity index is 1870. The lowest BCUT2D eigenvalue weighted by Gasteiger charge is -2.18. The number of aliphatic hydroxyl groups excluding tert-OH is 2. The molecule has 1 atom stereocenters. The van der Waals surface area contributed by atoms with E-state index in [-0.39, 0.29) is 6.61 Å². The van der Waals surface area contributed by atoms with Gasteiger partial charge in [-0.05, 0) is 93.0 Å². The molecule has 48 heavy (non-hydrogen) atoms. The van der Waals surface area contributed by atoms with Crippen molar-refractivity contribution in [3.05, 3.63) is 156 Å². The number of aliphatic hydroxyl groups is 2. The van der Waals surface area contributed by atoms with Crippen LogP contribution in [-0.4, -0.2) is 30.1 Å². The summed E-state index contributed by atoms with van der Waals surface area (Å²) in [5, 5.41) is 26.8. The maximum atomic E-state index is 9.93. The molecule has 5 nitrogen and oxygen atoms in total. The van der Waals surface area contributed by atoms with Gasteiger partial charge in [0, 0.05) is 5.70 Å². The van der Waals surface area contributed by atoms with E-state index in [0.717, 1.165) is 5.56 Å². The van der Waals surface area contributed by atoms with Gasteiger partial charge in [0.1, 0.15) is 6.23 Å². The zero-order chi connectivity index (χ0) is 34.9. The van der Waals surface area contributed by atoms with Gasteiger partial charge in [0.05, 0.1) is 12.3 Å². The predicted octanol–water partition coefficient (Wildman–Crippen LogP) is 8.79. The van der Waals surface area contributed by atoms with Crippen molar-refractivity contribution in [2.24, 2.45) is 11.5 Å². The highest BCUT2D eigenvalue weighted by Crippen LogP contribution is 2.38. The molecule has 0 aromatic heterocycles. The quantitative estimate of drug-likeness (QED) is 0.0563. The molecule has 5 rings (SSSR count). The average molecular weight is 642 g/mol. The maximum Gasteiger partial charge on any atom is 0.145 e. The second-order valence-electron chi connectivity index (χ2n) is 10.7. The number of likely N-dealkylation sites (N-methyl/N-ethyl adjacent to an activating group) is 1. The van der Waals surface area contributed by atoms with Crippen molar-refractivity contribution in [3.63, 3.8) is 0 Å². The molecule has 0 bridgehead atoms. The van der Waals surface area contributed by atoms with Gasteiger partial charge in [-0.3, -0.25) is 5.32 Å². The standard InChI is InChI=1S/C39H39N3O2.2C2H6/c1-42-39(44)38(41)22-12-11-20-34-32-18-9-10-19-33(32)35(21-6-5-15-29(40)26-43)37-25-28(23-24-36(34)37)31-17-8-7-16-30(31)27-13-3-2-4-14-27;2*1-2/h2-19,22-25,39,42-44H,20-21,26,40-41H2,1H3;2*1-2H3/b6-5-,12-11-,29-15-,38-22-;;. The fourth-order valence-corrected chi connectivity index (χ4v) is 5.62. The van der Waals surface area contributed by atoms with E-state index in [1.165, 1.54) is 49.4 Å². The summed E-state index contributed by atoms with van der Waals surface area (Å²) in [4.78, 5) is 0. The van der Waals surface area contributed by atoms with Crippen molar-refractivity contribution in [2.45, 2.75) is 46.8 Å². The van der Waals surface area contributed by atoms with Gasteiger partial charge in [-0.1, -0.05) is 143 Å². The minimum atomic E-state index is -0.881. The number of rotatable bonds is 11. The molecule has 0 aliphatic carbocycles. The van der Waals surface area contributed by atoms with Gasteiger partial charge in [-0.15, -0.1) is 0 Å². The molecule has 1 unspecified atom stereocenters. The summed E-state index contributed by atoms with van der Waals surface area (Å²) >= 11 is 0. The van der Waals surface area contributed by atoms with Crippen LogP contribution in [0.15, 0.2) is 145 Å². The first-order valence-electron chi connectivity index (χ1n) is 16.8. The lowest BCUT2D eigenvalue weighted by atomic mass is 9.86. The largest absolute Gasteiger partial charge is 0.400 e. The Hall–Kier alpha value is -4.94. The fourth-order valence-electron chi connectivity index (χ4n) is 5.62. The van der Waals surface area contributed by atoms with Gasteiger partial charge < -0.3 is 21.7 Å². The zero-order valence-corrected chi connectivity index (χ0v) is 28.9. The third kappa shape index (κ3) is 9.33. The van der Waals surface area contributed by atoms with Crippen molar-refractivity contribution in [3.8, 4) is 22.3 Å². The van der Waals surface area contributed by atoms with Crippen LogP contribution in [0.1, 0.15) is 38.8 Å². The first-order valence-corrected chi connectivity index (χ1v) is 16.8. The van der Waals surface area contributed by atoms with E-state index in [9.17, 15) is 10.2 Å². The number of allylic oxidation sites excluding steroid dienone is 6. The molecule has 250 valence electrons. The molecular formula is C43H51N3O2. The molecule has 0 amide bonds. The minimum absolute atomic E-state index is 0.169. The molecule has 0 aliphatic heterocycles. The van der Waals surface area contributed by atoms with Crippen LogP contribution < -0.4 is 16.8 Å². The maximum absolute atomic E-state index is 9.93. The van der Waals surface area contributed by atoms with Gasteiger partial charge in [-0.25, -0.2) is 0 Å². The molecule has 0 heterocycles. The molecule has 0 radical (unpaired) electrons. The minimum Gasteiger partial charge on any atom is -0.400 e. The number of fused-ring (bicyclic) bond motifs is 2. The van der Waals surface area contributed by atoms with Crippen molar-refractivity contribution >= 4 is 21.5 Å². The van der Waals surface area contributed by atoms with Crippen molar-refractivity contribution in [2.75, 3.05) is 13.7 Å². The van der Waals surface area contributed by atoms with E-state index in [1.54, 1.807) is 19.2 Å². The normalized spacial score (nSPS) is 12.6. The van der Waals surface area contributed by atoms with E-state index in [4.69, 9.17) is 11.5 Å². The Labute approximate surface area is 286 Å². The molecule has 5 aromatic rings. The van der Waals surface area contributed by atoms with Crippen LogP contribution in [0, 0.1) is 0 Å². The summed E-state index contributed by atoms with van der Waals surface area (Å²) in [6.07, 6.45) is 12.0. The van der Waals surface area contributed by atoms with E-state index in [2.05, 4.69) is 108 Å². The third-order valence-electron chi connectivity index (χ3n) is 7.86. The molecule has 5 heteroatoms. The summed E-state index contributed by atoms with van der Waals surface area (Å²) in [5.74, 6) is 0. The highest BCUT2D eigenvalue weighted by Gasteiger charge is 2.15. The summed E-state index contributed by atoms with van der Waals surface area (Å²) in [6.45, 7) is 7.83. The second-order valence-corrected chi connectivity index (χ2v) is 10.7. The smallest absolute Gasteiger partial charge is 0.145 e. The van der Waals surface area contributed by atoms with Crippen LogP contribution >= 0.6 is 0 Å². The van der Waals surface area contributed by atoms with Crippen molar-refractivity contribution < 1.29 is 10.2 Å². The summed E-state index contributed by atoms with van der Waals surface area (Å²) in [7, 11) is 1.66. The van der Waals surface area contributed by atoms with Gasteiger partial charge in [0.25, 0.3) is 0 Å². The summed E-state index contributed by atoms with van der Waals surface area (Å²) in [5.41, 5.74) is 19.8. The number of hydrogen-bond donors (Lipinski definition) is 5. The number of nitrogens with one attached hydrogen (secondary N) is 1. The van der Waals surface area contributed by atoms with Crippen molar-refractivity contribution in [1.82, 2.24) is 5.32 Å². The Kier molecular flexibility index (Phi) is 15.4. The van der Waals surface area contributed by atoms with E-state index in [0.29, 0.717) is 24.2 Å². The molecule has 0 spiro atoms. The first kappa shape index (κ1) is 37.5. The lowest BCUT2D eigenvalue weighted by Crippen LogP contribution is -2.30. The van der Waals surface area contributed by atoms with E-state index >= 15 is 0 Å². The average Bonchev–Trinajstić information content (AvgIpc) is 3.16. The summed E-state index contributed by atoms with van der Waals surface area (Å²) in [6, 6.07) is 34.3.